The number of methoxy groups -OCH3 is 1. The van der Waals surface area contributed by atoms with Gasteiger partial charge in [-0.3, -0.25) is 20.0 Å². The fourth-order valence-corrected chi connectivity index (χ4v) is 6.94. The first-order valence-electron chi connectivity index (χ1n) is 21.0. The van der Waals surface area contributed by atoms with Gasteiger partial charge in [-0.2, -0.15) is 0 Å². The standard InChI is InChI=1S/C46H57N9O7/c1-30(2)54(45(58)61-35-18-16-32(17-19-35)11-8-7-10-31-12-14-33(15-13-31)22-23-49-44(57)62-46(3,4)5)25-9-27-60-37-21-20-36-38(39(37)59-6)52-43(55-26-24-48-40(36)55)53-41(56)34-28-50-42(47)51-29-34/h12-21,28-30H,7-11,22-27H2,1-6H3,(H,49,57)(H2,47,50,51)(H,52,53,56). The number of unbranched alkanes of at least 4 members (excludes halogenated alkanes) is 1. The number of hydrogen-bond donors (Lipinski definition) is 3. The van der Waals surface area contributed by atoms with Crippen molar-refractivity contribution in [1.82, 2.24) is 30.4 Å². The van der Waals surface area contributed by atoms with Gasteiger partial charge in [-0.25, -0.2) is 24.5 Å². The second-order valence-corrected chi connectivity index (χ2v) is 16.3. The van der Waals surface area contributed by atoms with Gasteiger partial charge in [-0.15, -0.1) is 0 Å². The number of alkyl carbamates (subject to hydrolysis) is 1. The number of aliphatic imine (C=N–C) groups is 2. The Morgan fingerprint density at radius 1 is 0.887 bits per heavy atom. The largest absolute Gasteiger partial charge is 0.491 e. The summed E-state index contributed by atoms with van der Waals surface area (Å²) in [6.07, 6.45) is 7.13. The Kier molecular flexibility index (Phi) is 15.0. The van der Waals surface area contributed by atoms with E-state index >= 15 is 0 Å². The molecule has 6 rings (SSSR count). The number of amides is 3. The lowest BCUT2D eigenvalue weighted by molar-refractivity contribution is 0.0528. The minimum absolute atomic E-state index is 0.0682. The highest BCUT2D eigenvalue weighted by atomic mass is 16.6. The van der Waals surface area contributed by atoms with Gasteiger partial charge < -0.3 is 34.9 Å². The van der Waals surface area contributed by atoms with E-state index in [1.54, 1.807) is 4.90 Å². The number of aromatic nitrogens is 2. The Balaban J connectivity index is 0.944. The number of guanidine groups is 1. The van der Waals surface area contributed by atoms with E-state index in [0.717, 1.165) is 37.7 Å². The predicted octanol–water partition coefficient (Wildman–Crippen LogP) is 6.87. The number of nitrogen functional groups attached to an aromatic ring is 1. The summed E-state index contributed by atoms with van der Waals surface area (Å²) in [6, 6.07) is 19.8. The van der Waals surface area contributed by atoms with Gasteiger partial charge in [-0.1, -0.05) is 36.4 Å². The third kappa shape index (κ3) is 12.2. The molecule has 2 aliphatic rings. The summed E-state index contributed by atoms with van der Waals surface area (Å²) < 4.78 is 23.1. The number of aryl methyl sites for hydroxylation is 2. The smallest absolute Gasteiger partial charge is 0.415 e. The molecule has 0 bridgehead atoms. The Bertz CT molecular complexity index is 2240. The molecule has 3 aromatic carbocycles. The molecule has 0 spiro atoms. The molecule has 16 heteroatoms. The number of anilines is 1. The van der Waals surface area contributed by atoms with Crippen molar-refractivity contribution in [3.63, 3.8) is 0 Å². The highest BCUT2D eigenvalue weighted by Crippen LogP contribution is 2.43. The van der Waals surface area contributed by atoms with Gasteiger partial charge in [0.1, 0.15) is 22.9 Å². The number of rotatable bonds is 17. The number of fused-ring (bicyclic) bond motifs is 3. The number of ether oxygens (including phenoxy) is 4. The van der Waals surface area contributed by atoms with E-state index in [0.29, 0.717) is 67.3 Å². The second-order valence-electron chi connectivity index (χ2n) is 16.3. The fourth-order valence-electron chi connectivity index (χ4n) is 6.94. The number of nitrogens with zero attached hydrogens (tertiary/aromatic N) is 6. The van der Waals surface area contributed by atoms with E-state index < -0.39 is 23.7 Å². The van der Waals surface area contributed by atoms with E-state index in [4.69, 9.17) is 29.7 Å². The third-order valence-corrected chi connectivity index (χ3v) is 10.1. The zero-order valence-electron chi connectivity index (χ0n) is 36.4. The van der Waals surface area contributed by atoms with Gasteiger partial charge in [0.15, 0.2) is 11.5 Å². The van der Waals surface area contributed by atoms with Crippen LogP contribution in [0.1, 0.15) is 86.5 Å². The van der Waals surface area contributed by atoms with Crippen LogP contribution in [0.25, 0.3) is 0 Å². The van der Waals surface area contributed by atoms with Crippen LogP contribution < -0.4 is 30.6 Å². The first-order valence-corrected chi connectivity index (χ1v) is 21.0. The molecule has 3 heterocycles. The Morgan fingerprint density at radius 2 is 1.53 bits per heavy atom. The van der Waals surface area contributed by atoms with Crippen LogP contribution in [0.15, 0.2) is 83.0 Å². The quantitative estimate of drug-likeness (QED) is 0.0939. The van der Waals surface area contributed by atoms with Crippen molar-refractivity contribution in [2.45, 2.75) is 84.8 Å². The van der Waals surface area contributed by atoms with Crippen molar-refractivity contribution in [1.29, 1.82) is 0 Å². The van der Waals surface area contributed by atoms with E-state index in [-0.39, 0.29) is 24.2 Å². The summed E-state index contributed by atoms with van der Waals surface area (Å²) in [5.74, 6) is 1.95. The van der Waals surface area contributed by atoms with Crippen molar-refractivity contribution in [3.8, 4) is 17.2 Å². The minimum atomic E-state index is -0.509. The third-order valence-electron chi connectivity index (χ3n) is 10.1. The van der Waals surface area contributed by atoms with Gasteiger partial charge in [0.05, 0.1) is 25.8 Å². The highest BCUT2D eigenvalue weighted by Gasteiger charge is 2.33. The van der Waals surface area contributed by atoms with Crippen LogP contribution in [-0.4, -0.2) is 101 Å². The van der Waals surface area contributed by atoms with E-state index in [9.17, 15) is 14.4 Å². The summed E-state index contributed by atoms with van der Waals surface area (Å²) in [5, 5.41) is 5.65. The molecular formula is C46H57N9O7. The Labute approximate surface area is 362 Å². The number of carbonyl (C=O) groups is 3. The number of nitrogens with two attached hydrogens (primary N) is 1. The zero-order chi connectivity index (χ0) is 44.2. The second kappa shape index (κ2) is 20.7. The molecule has 0 unspecified atom stereocenters. The van der Waals surface area contributed by atoms with Gasteiger partial charge in [0, 0.05) is 43.6 Å². The number of benzene rings is 3. The average Bonchev–Trinajstić information content (AvgIpc) is 3.74. The van der Waals surface area contributed by atoms with Gasteiger partial charge >= 0.3 is 12.2 Å². The van der Waals surface area contributed by atoms with Crippen molar-refractivity contribution in [2.75, 3.05) is 45.6 Å². The molecule has 0 atom stereocenters. The van der Waals surface area contributed by atoms with E-state index in [2.05, 4.69) is 49.9 Å². The van der Waals surface area contributed by atoms with Gasteiger partial charge in [0.2, 0.25) is 11.9 Å². The molecular weight excluding hydrogens is 791 g/mol. The topological polar surface area (TPSA) is 195 Å². The van der Waals surface area contributed by atoms with Crippen LogP contribution in [0.3, 0.4) is 0 Å². The lowest BCUT2D eigenvalue weighted by Crippen LogP contribution is -2.47. The molecule has 62 heavy (non-hydrogen) atoms. The van der Waals surface area contributed by atoms with E-state index in [1.807, 2.05) is 75.9 Å². The summed E-state index contributed by atoms with van der Waals surface area (Å²) >= 11 is 0. The maximum Gasteiger partial charge on any atom is 0.415 e. The predicted molar refractivity (Wildman–Crippen MR) is 238 cm³/mol. The molecule has 328 valence electrons. The van der Waals surface area contributed by atoms with Crippen molar-refractivity contribution in [2.24, 2.45) is 9.98 Å². The van der Waals surface area contributed by atoms with Gasteiger partial charge in [-0.05, 0) is 114 Å². The molecule has 2 aliphatic heterocycles. The number of carbonyl (C=O) groups excluding carboxylic acids is 3. The average molecular weight is 848 g/mol. The maximum absolute atomic E-state index is 13.3. The summed E-state index contributed by atoms with van der Waals surface area (Å²) in [5.41, 5.74) is 10.2. The van der Waals surface area contributed by atoms with Crippen molar-refractivity contribution in [3.05, 3.63) is 101 Å². The van der Waals surface area contributed by atoms with Crippen molar-refractivity contribution >= 4 is 41.5 Å². The lowest BCUT2D eigenvalue weighted by atomic mass is 10.0. The first-order chi connectivity index (χ1) is 29.8. The number of nitrogens with one attached hydrogen (secondary N) is 2. The maximum atomic E-state index is 13.3. The zero-order valence-corrected chi connectivity index (χ0v) is 36.4. The minimum Gasteiger partial charge on any atom is -0.491 e. The Morgan fingerprint density at radius 3 is 2.16 bits per heavy atom. The number of hydrogen-bond acceptors (Lipinski definition) is 13. The van der Waals surface area contributed by atoms with Crippen LogP contribution in [-0.2, 0) is 24.0 Å². The molecule has 1 aromatic heterocycles. The fraction of sp³-hybridized carbons (Fsp3) is 0.413. The molecule has 4 aromatic rings. The molecule has 16 nitrogen and oxygen atoms in total. The molecule has 3 amide bonds. The summed E-state index contributed by atoms with van der Waals surface area (Å²) in [6.45, 7) is 11.7. The molecule has 0 radical (unpaired) electrons. The molecule has 0 aliphatic carbocycles. The SMILES string of the molecule is COc1c(OCCCN(C(=O)Oc2ccc(CCCCc3ccc(CCNC(=O)OC(C)(C)C)cc3)cc2)C(C)C)ccc2c1N=C(NC(=O)c1cnc(N)nc1)N1CCN=C21. The first kappa shape index (κ1) is 44.8. The van der Waals surface area contributed by atoms with E-state index in [1.165, 1.54) is 36.2 Å². The van der Waals surface area contributed by atoms with Crippen LogP contribution >= 0.6 is 0 Å². The molecule has 0 fully saturated rings. The number of amidine groups is 1. The molecule has 0 saturated carbocycles. The molecule has 4 N–H and O–H groups in total. The lowest BCUT2D eigenvalue weighted by Gasteiger charge is -2.28. The monoisotopic (exact) mass is 847 g/mol. The molecule has 0 saturated heterocycles. The van der Waals surface area contributed by atoms with Crippen LogP contribution in [0.5, 0.6) is 17.2 Å². The van der Waals surface area contributed by atoms with Crippen LogP contribution in [0.2, 0.25) is 0 Å². The Hall–Kier alpha value is -6.71. The summed E-state index contributed by atoms with van der Waals surface area (Å²) in [7, 11) is 1.54. The van der Waals surface area contributed by atoms with Crippen LogP contribution in [0.4, 0.5) is 21.2 Å². The normalized spacial score (nSPS) is 13.0. The van der Waals surface area contributed by atoms with Gasteiger partial charge in [0.25, 0.3) is 5.91 Å². The van der Waals surface area contributed by atoms with Crippen molar-refractivity contribution < 1.29 is 33.3 Å². The van der Waals surface area contributed by atoms with Crippen LogP contribution in [0, 0.1) is 0 Å². The highest BCUT2D eigenvalue weighted by molar-refractivity contribution is 6.20. The summed E-state index contributed by atoms with van der Waals surface area (Å²) in [4.78, 5) is 59.0.